The summed E-state index contributed by atoms with van der Waals surface area (Å²) < 4.78 is 4.52. The molecule has 1 saturated heterocycles. The molecule has 0 spiro atoms. The standard InChI is InChI=1S/C11H21N3O3/c1-3-5-12-7-10(15)14-6-4-9(8-14)13-11(16)17-2/h9,12H,3-8H2,1-2H3,(H,13,16). The minimum absolute atomic E-state index is 0.0116. The first kappa shape index (κ1) is 13.8. The highest BCUT2D eigenvalue weighted by Gasteiger charge is 2.26. The number of hydrogen-bond acceptors (Lipinski definition) is 4. The van der Waals surface area contributed by atoms with E-state index in [-0.39, 0.29) is 11.9 Å². The lowest BCUT2D eigenvalue weighted by atomic mass is 10.3. The van der Waals surface area contributed by atoms with E-state index >= 15 is 0 Å². The maximum Gasteiger partial charge on any atom is 0.407 e. The summed E-state index contributed by atoms with van der Waals surface area (Å²) in [5, 5.41) is 5.78. The first-order valence-corrected chi connectivity index (χ1v) is 6.00. The first-order chi connectivity index (χ1) is 8.17. The lowest BCUT2D eigenvalue weighted by Gasteiger charge is -2.17. The van der Waals surface area contributed by atoms with Gasteiger partial charge in [-0.2, -0.15) is 0 Å². The molecule has 98 valence electrons. The minimum atomic E-state index is -0.437. The fraction of sp³-hybridized carbons (Fsp3) is 0.818. The van der Waals surface area contributed by atoms with Gasteiger partial charge in [-0.15, -0.1) is 0 Å². The van der Waals surface area contributed by atoms with E-state index in [1.54, 1.807) is 4.90 Å². The Hall–Kier alpha value is -1.30. The molecule has 0 aliphatic carbocycles. The monoisotopic (exact) mass is 243 g/mol. The zero-order chi connectivity index (χ0) is 12.7. The molecule has 17 heavy (non-hydrogen) atoms. The molecule has 0 radical (unpaired) electrons. The Kier molecular flexibility index (Phi) is 5.76. The van der Waals surface area contributed by atoms with Crippen LogP contribution in [0.15, 0.2) is 0 Å². The molecule has 1 rings (SSSR count). The molecule has 0 aromatic rings. The molecular weight excluding hydrogens is 222 g/mol. The van der Waals surface area contributed by atoms with Gasteiger partial charge in [-0.25, -0.2) is 4.79 Å². The van der Waals surface area contributed by atoms with Gasteiger partial charge in [0.05, 0.1) is 19.7 Å². The van der Waals surface area contributed by atoms with E-state index in [0.29, 0.717) is 19.6 Å². The third kappa shape index (κ3) is 4.60. The molecule has 1 unspecified atom stereocenters. The van der Waals surface area contributed by atoms with Crippen molar-refractivity contribution in [2.45, 2.75) is 25.8 Å². The number of rotatable bonds is 5. The normalized spacial score (nSPS) is 19.2. The van der Waals surface area contributed by atoms with Crippen LogP contribution >= 0.6 is 0 Å². The Bertz CT molecular complexity index is 271. The lowest BCUT2D eigenvalue weighted by molar-refractivity contribution is -0.129. The highest BCUT2D eigenvalue weighted by atomic mass is 16.5. The highest BCUT2D eigenvalue weighted by molar-refractivity contribution is 5.78. The quantitative estimate of drug-likeness (QED) is 0.664. The molecule has 0 saturated carbocycles. The Balaban J connectivity index is 2.24. The summed E-state index contributed by atoms with van der Waals surface area (Å²) in [6.45, 7) is 4.55. The maximum atomic E-state index is 11.7. The molecule has 0 bridgehead atoms. The number of nitrogens with one attached hydrogen (secondary N) is 2. The predicted octanol–water partition coefficient (Wildman–Crippen LogP) is -0.0571. The molecule has 0 aromatic heterocycles. The van der Waals surface area contributed by atoms with E-state index in [2.05, 4.69) is 22.3 Å². The Morgan fingerprint density at radius 3 is 2.88 bits per heavy atom. The number of carbonyl (C=O) groups excluding carboxylic acids is 2. The smallest absolute Gasteiger partial charge is 0.407 e. The van der Waals surface area contributed by atoms with Crippen molar-refractivity contribution in [2.75, 3.05) is 33.3 Å². The zero-order valence-corrected chi connectivity index (χ0v) is 10.5. The van der Waals surface area contributed by atoms with Crippen molar-refractivity contribution >= 4 is 12.0 Å². The van der Waals surface area contributed by atoms with Gasteiger partial charge in [0.1, 0.15) is 0 Å². The van der Waals surface area contributed by atoms with Crippen LogP contribution in [0.4, 0.5) is 4.79 Å². The second kappa shape index (κ2) is 7.11. The van der Waals surface area contributed by atoms with Crippen molar-refractivity contribution in [3.63, 3.8) is 0 Å². The van der Waals surface area contributed by atoms with Gasteiger partial charge in [0, 0.05) is 13.1 Å². The van der Waals surface area contributed by atoms with E-state index in [9.17, 15) is 9.59 Å². The van der Waals surface area contributed by atoms with Crippen LogP contribution in [0, 0.1) is 0 Å². The van der Waals surface area contributed by atoms with E-state index in [1.165, 1.54) is 7.11 Å². The van der Waals surface area contributed by atoms with Crippen LogP contribution < -0.4 is 10.6 Å². The summed E-state index contributed by atoms with van der Waals surface area (Å²) in [5.74, 6) is 0.0904. The van der Waals surface area contributed by atoms with Crippen LogP contribution in [0.5, 0.6) is 0 Å². The van der Waals surface area contributed by atoms with E-state index in [0.717, 1.165) is 19.4 Å². The maximum absolute atomic E-state index is 11.7. The first-order valence-electron chi connectivity index (χ1n) is 6.00. The number of methoxy groups -OCH3 is 1. The summed E-state index contributed by atoms with van der Waals surface area (Å²) in [5.41, 5.74) is 0. The van der Waals surface area contributed by atoms with Crippen molar-refractivity contribution in [3.8, 4) is 0 Å². The van der Waals surface area contributed by atoms with Gasteiger partial charge in [-0.1, -0.05) is 6.92 Å². The van der Waals surface area contributed by atoms with Crippen molar-refractivity contribution < 1.29 is 14.3 Å². The van der Waals surface area contributed by atoms with Crippen molar-refractivity contribution in [3.05, 3.63) is 0 Å². The summed E-state index contributed by atoms with van der Waals surface area (Å²) in [7, 11) is 1.34. The molecular formula is C11H21N3O3. The van der Waals surface area contributed by atoms with E-state index in [1.807, 2.05) is 0 Å². The molecule has 0 aromatic carbocycles. The van der Waals surface area contributed by atoms with E-state index < -0.39 is 6.09 Å². The highest BCUT2D eigenvalue weighted by Crippen LogP contribution is 2.09. The summed E-state index contributed by atoms with van der Waals surface area (Å²) >= 11 is 0. The second-order valence-corrected chi connectivity index (χ2v) is 4.14. The molecule has 1 heterocycles. The zero-order valence-electron chi connectivity index (χ0n) is 10.5. The van der Waals surface area contributed by atoms with Crippen LogP contribution in [0.25, 0.3) is 0 Å². The van der Waals surface area contributed by atoms with Gasteiger partial charge in [0.2, 0.25) is 5.91 Å². The molecule has 2 amide bonds. The number of amides is 2. The molecule has 1 atom stereocenters. The predicted molar refractivity (Wildman–Crippen MR) is 63.7 cm³/mol. The number of ether oxygens (including phenoxy) is 1. The van der Waals surface area contributed by atoms with Gasteiger partial charge < -0.3 is 20.3 Å². The number of alkyl carbamates (subject to hydrolysis) is 1. The van der Waals surface area contributed by atoms with Crippen LogP contribution in [0.3, 0.4) is 0 Å². The third-order valence-electron chi connectivity index (χ3n) is 2.75. The fourth-order valence-electron chi connectivity index (χ4n) is 1.81. The average Bonchev–Trinajstić information content (AvgIpc) is 2.77. The van der Waals surface area contributed by atoms with E-state index in [4.69, 9.17) is 0 Å². The number of carbonyl (C=O) groups is 2. The van der Waals surface area contributed by atoms with Gasteiger partial charge in [-0.3, -0.25) is 4.79 Å². The topological polar surface area (TPSA) is 70.7 Å². The van der Waals surface area contributed by atoms with Crippen molar-refractivity contribution in [1.82, 2.24) is 15.5 Å². The lowest BCUT2D eigenvalue weighted by Crippen LogP contribution is -2.41. The summed E-state index contributed by atoms with van der Waals surface area (Å²) in [6.07, 6.45) is 1.36. The van der Waals surface area contributed by atoms with Gasteiger partial charge in [0.15, 0.2) is 0 Å². The molecule has 1 aliphatic rings. The minimum Gasteiger partial charge on any atom is -0.453 e. The summed E-state index contributed by atoms with van der Waals surface area (Å²) in [4.78, 5) is 24.5. The van der Waals surface area contributed by atoms with Crippen LogP contribution in [0.1, 0.15) is 19.8 Å². The molecule has 1 aliphatic heterocycles. The van der Waals surface area contributed by atoms with Crippen molar-refractivity contribution in [2.24, 2.45) is 0 Å². The second-order valence-electron chi connectivity index (χ2n) is 4.14. The number of nitrogens with zero attached hydrogens (tertiary/aromatic N) is 1. The Morgan fingerprint density at radius 1 is 1.47 bits per heavy atom. The average molecular weight is 243 g/mol. The molecule has 6 nitrogen and oxygen atoms in total. The SMILES string of the molecule is CCCNCC(=O)N1CCC(NC(=O)OC)C1. The van der Waals surface area contributed by atoms with Crippen molar-refractivity contribution in [1.29, 1.82) is 0 Å². The van der Waals surface area contributed by atoms with Crippen LogP contribution in [0.2, 0.25) is 0 Å². The number of hydrogen-bond donors (Lipinski definition) is 2. The fourth-order valence-corrected chi connectivity index (χ4v) is 1.81. The Morgan fingerprint density at radius 2 is 2.24 bits per heavy atom. The van der Waals surface area contributed by atoms with Crippen LogP contribution in [-0.4, -0.2) is 56.2 Å². The molecule has 1 fully saturated rings. The molecule has 2 N–H and O–H groups in total. The number of likely N-dealkylation sites (tertiary alicyclic amines) is 1. The van der Waals surface area contributed by atoms with Gasteiger partial charge >= 0.3 is 6.09 Å². The largest absolute Gasteiger partial charge is 0.453 e. The van der Waals surface area contributed by atoms with Gasteiger partial charge in [0.25, 0.3) is 0 Å². The Labute approximate surface area is 102 Å². The summed E-state index contributed by atoms with van der Waals surface area (Å²) in [6, 6.07) is 0.0116. The van der Waals surface area contributed by atoms with Gasteiger partial charge in [-0.05, 0) is 19.4 Å². The molecule has 6 heteroatoms. The van der Waals surface area contributed by atoms with Crippen LogP contribution in [-0.2, 0) is 9.53 Å². The third-order valence-corrected chi connectivity index (χ3v) is 2.75.